The summed E-state index contributed by atoms with van der Waals surface area (Å²) in [7, 11) is -4.99. The first-order chi connectivity index (χ1) is 10.0. The summed E-state index contributed by atoms with van der Waals surface area (Å²) in [5.41, 5.74) is 0. The number of hydrogen-bond donors (Lipinski definition) is 3. The van der Waals surface area contributed by atoms with E-state index in [9.17, 15) is 27.6 Å². The molecular weight excluding hydrogens is 351 g/mol. The number of carboxylic acid groups (broad SMARTS) is 2. The van der Waals surface area contributed by atoms with Gasteiger partial charge in [0.25, 0.3) is 10.1 Å². The second-order valence-corrected chi connectivity index (χ2v) is 5.48. The van der Waals surface area contributed by atoms with Gasteiger partial charge in [-0.2, -0.15) is 8.42 Å². The van der Waals surface area contributed by atoms with E-state index in [-0.39, 0.29) is 29.6 Å². The van der Waals surface area contributed by atoms with Crippen LogP contribution < -0.4 is 0 Å². The van der Waals surface area contributed by atoms with Gasteiger partial charge in [0.2, 0.25) is 0 Å². The minimum atomic E-state index is -4.99. The molecule has 128 valence electrons. The molecule has 11 nitrogen and oxygen atoms in total. The number of rotatable bonds is 10. The normalized spacial score (nSPS) is 11.7. The summed E-state index contributed by atoms with van der Waals surface area (Å²) in [5.74, 6) is -5.31. The average molecular weight is 366 g/mol. The molecule has 0 fully saturated rings. The molecule has 13 heteroatoms. The third-order valence-corrected chi connectivity index (χ3v) is 3.19. The van der Waals surface area contributed by atoms with Gasteiger partial charge in [0.05, 0.1) is 19.3 Å². The van der Waals surface area contributed by atoms with Crippen LogP contribution in [0.4, 0.5) is 0 Å². The summed E-state index contributed by atoms with van der Waals surface area (Å²) in [6.07, 6.45) is -2.21. The van der Waals surface area contributed by atoms with Crippen molar-refractivity contribution in [2.24, 2.45) is 0 Å². The zero-order valence-corrected chi connectivity index (χ0v) is 11.9. The Labute approximate surface area is 153 Å². The topological polar surface area (TPSA) is 182 Å². The molecule has 0 bridgehead atoms. The van der Waals surface area contributed by atoms with E-state index in [2.05, 4.69) is 9.47 Å². The molecular formula is C10H15NaO11S. The van der Waals surface area contributed by atoms with Crippen LogP contribution in [-0.4, -0.2) is 95.1 Å². The van der Waals surface area contributed by atoms with E-state index in [4.69, 9.17) is 14.8 Å². The summed E-state index contributed by atoms with van der Waals surface area (Å²) in [5, 5.41) is 14.4. The Morgan fingerprint density at radius 2 is 1.35 bits per heavy atom. The van der Waals surface area contributed by atoms with Crippen molar-refractivity contribution in [3.63, 3.8) is 0 Å². The van der Waals surface area contributed by atoms with Crippen molar-refractivity contribution in [3.05, 3.63) is 0 Å². The van der Waals surface area contributed by atoms with Crippen molar-refractivity contribution in [3.8, 4) is 0 Å². The summed E-state index contributed by atoms with van der Waals surface area (Å²) in [6, 6.07) is 0. The fourth-order valence-corrected chi connectivity index (χ4v) is 1.76. The van der Waals surface area contributed by atoms with Gasteiger partial charge in [0.15, 0.2) is 5.25 Å². The molecule has 23 heavy (non-hydrogen) atoms. The second-order valence-electron chi connectivity index (χ2n) is 3.88. The van der Waals surface area contributed by atoms with Crippen LogP contribution in [0.25, 0.3) is 0 Å². The van der Waals surface area contributed by atoms with Crippen LogP contribution in [-0.2, 0) is 38.8 Å². The van der Waals surface area contributed by atoms with Crippen LogP contribution >= 0.6 is 0 Å². The standard InChI is InChI=1S/C10H14O11S.Na.H/c11-7(12)1-3-20-9(15)5-6(22(17,18)19)10(16)21-4-2-8(13)14;;/h6H,1-5H2,(H,11,12)(H,13,14)(H,17,18,19);;. The molecule has 1 unspecified atom stereocenters. The fourth-order valence-electron chi connectivity index (χ4n) is 1.10. The van der Waals surface area contributed by atoms with Crippen LogP contribution in [0.2, 0.25) is 0 Å². The third kappa shape index (κ3) is 11.9. The maximum absolute atomic E-state index is 11.4. The third-order valence-electron chi connectivity index (χ3n) is 2.11. The predicted molar refractivity (Wildman–Crippen MR) is 73.5 cm³/mol. The van der Waals surface area contributed by atoms with E-state index in [1.54, 1.807) is 0 Å². The first-order valence-electron chi connectivity index (χ1n) is 5.76. The quantitative estimate of drug-likeness (QED) is 0.221. The van der Waals surface area contributed by atoms with Crippen LogP contribution in [0.5, 0.6) is 0 Å². The Hall–Kier alpha value is -1.21. The van der Waals surface area contributed by atoms with Gasteiger partial charge in [0.1, 0.15) is 13.2 Å². The van der Waals surface area contributed by atoms with Gasteiger partial charge in [-0.15, -0.1) is 0 Å². The van der Waals surface area contributed by atoms with E-state index >= 15 is 0 Å². The van der Waals surface area contributed by atoms with E-state index < -0.39 is 71.7 Å². The molecule has 0 saturated carbocycles. The van der Waals surface area contributed by atoms with Crippen molar-refractivity contribution in [1.82, 2.24) is 0 Å². The van der Waals surface area contributed by atoms with Crippen molar-refractivity contribution in [2.75, 3.05) is 13.2 Å². The molecule has 3 N–H and O–H groups in total. The van der Waals surface area contributed by atoms with Crippen LogP contribution in [0.1, 0.15) is 19.3 Å². The average Bonchev–Trinajstić information content (AvgIpc) is 2.33. The number of ether oxygens (including phenoxy) is 2. The molecule has 0 amide bonds. The summed E-state index contributed by atoms with van der Waals surface area (Å²) in [6.45, 7) is -1.19. The molecule has 0 rings (SSSR count). The van der Waals surface area contributed by atoms with Crippen molar-refractivity contribution >= 4 is 63.6 Å². The van der Waals surface area contributed by atoms with E-state index in [1.165, 1.54) is 0 Å². The Balaban J connectivity index is 0. The second kappa shape index (κ2) is 11.3. The van der Waals surface area contributed by atoms with E-state index in [0.29, 0.717) is 0 Å². The number of aliphatic carboxylic acids is 2. The molecule has 1 atom stereocenters. The maximum atomic E-state index is 11.4. The van der Waals surface area contributed by atoms with Gasteiger partial charge in [-0.05, 0) is 0 Å². The number of carbonyl (C=O) groups is 4. The molecule has 0 radical (unpaired) electrons. The van der Waals surface area contributed by atoms with Gasteiger partial charge in [0, 0.05) is 0 Å². The Morgan fingerprint density at radius 1 is 0.913 bits per heavy atom. The van der Waals surface area contributed by atoms with E-state index in [0.717, 1.165) is 0 Å². The fraction of sp³-hybridized carbons (Fsp3) is 0.600. The Bertz CT molecular complexity index is 541. The summed E-state index contributed by atoms with van der Waals surface area (Å²) in [4.78, 5) is 43.1. The SMILES string of the molecule is O=C(O)CCOC(=O)CC(C(=O)OCCC(=O)O)S(=O)(=O)O.[NaH]. The molecule has 0 aromatic rings. The zero-order valence-electron chi connectivity index (χ0n) is 11.1. The van der Waals surface area contributed by atoms with Gasteiger partial charge in [-0.1, -0.05) is 0 Å². The monoisotopic (exact) mass is 366 g/mol. The molecule has 0 heterocycles. The summed E-state index contributed by atoms with van der Waals surface area (Å²) >= 11 is 0. The van der Waals surface area contributed by atoms with Crippen molar-refractivity contribution < 1.29 is 51.8 Å². The zero-order chi connectivity index (χ0) is 17.3. The first kappa shape index (κ1) is 24.0. The number of carbonyl (C=O) groups excluding carboxylic acids is 2. The molecule has 0 aliphatic rings. The van der Waals surface area contributed by atoms with Crippen molar-refractivity contribution in [2.45, 2.75) is 24.5 Å². The van der Waals surface area contributed by atoms with Crippen LogP contribution in [0.3, 0.4) is 0 Å². The van der Waals surface area contributed by atoms with Gasteiger partial charge < -0.3 is 19.7 Å². The Morgan fingerprint density at radius 3 is 1.74 bits per heavy atom. The predicted octanol–water partition coefficient (Wildman–Crippen LogP) is -1.98. The number of carboxylic acids is 2. The molecule has 0 saturated heterocycles. The van der Waals surface area contributed by atoms with Gasteiger partial charge >= 0.3 is 53.4 Å². The number of esters is 2. The molecule has 0 spiro atoms. The van der Waals surface area contributed by atoms with Crippen LogP contribution in [0.15, 0.2) is 0 Å². The molecule has 0 aromatic heterocycles. The number of hydrogen-bond acceptors (Lipinski definition) is 8. The van der Waals surface area contributed by atoms with E-state index in [1.807, 2.05) is 0 Å². The van der Waals surface area contributed by atoms with Gasteiger partial charge in [-0.25, -0.2) is 0 Å². The molecule has 0 aromatic carbocycles. The van der Waals surface area contributed by atoms with Gasteiger partial charge in [-0.3, -0.25) is 23.7 Å². The first-order valence-corrected chi connectivity index (χ1v) is 7.26. The molecule has 0 aliphatic heterocycles. The Kier molecular flexibility index (Phi) is 11.9. The summed E-state index contributed by atoms with van der Waals surface area (Å²) < 4.78 is 39.6. The molecule has 0 aliphatic carbocycles. The minimum absolute atomic E-state index is 0. The van der Waals surface area contributed by atoms with Crippen molar-refractivity contribution in [1.29, 1.82) is 0 Å². The van der Waals surface area contributed by atoms with Crippen LogP contribution in [0, 0.1) is 0 Å².